The summed E-state index contributed by atoms with van der Waals surface area (Å²) < 4.78 is 29.4. The summed E-state index contributed by atoms with van der Waals surface area (Å²) in [7, 11) is 10.1. The van der Waals surface area contributed by atoms with E-state index in [9.17, 15) is 0 Å². The number of methoxy groups -OCH3 is 6. The van der Waals surface area contributed by atoms with Crippen molar-refractivity contribution in [2.24, 2.45) is 0 Å². The molecule has 0 fully saturated rings. The average Bonchev–Trinajstić information content (AvgIpc) is 2.75. The van der Waals surface area contributed by atoms with E-state index in [0.717, 1.165) is 0 Å². The van der Waals surface area contributed by atoms with Gasteiger partial charge in [0.15, 0.2) is 0 Å². The highest BCUT2D eigenvalue weighted by Crippen LogP contribution is 2.23. The maximum atomic E-state index is 5.20. The second-order valence-electron chi connectivity index (χ2n) is 6.28. The summed E-state index contributed by atoms with van der Waals surface area (Å²) in [5.41, 5.74) is 2.44. The van der Waals surface area contributed by atoms with Crippen LogP contribution in [0.1, 0.15) is 18.1 Å². The minimum absolute atomic E-state index is 0.227. The molecule has 6 heteroatoms. The van der Waals surface area contributed by atoms with Gasteiger partial charge in [-0.05, 0) is 28.8 Å². The molecular formula is C23H38O6. The molecule has 0 spiro atoms. The highest BCUT2D eigenvalue weighted by atomic mass is 16.5. The van der Waals surface area contributed by atoms with Gasteiger partial charge in [0.25, 0.3) is 0 Å². The summed E-state index contributed by atoms with van der Waals surface area (Å²) >= 11 is 0. The lowest BCUT2D eigenvalue weighted by Crippen LogP contribution is -2.11. The Labute approximate surface area is 176 Å². The maximum Gasteiger partial charge on any atom is 0.0776 e. The maximum absolute atomic E-state index is 5.20. The van der Waals surface area contributed by atoms with E-state index in [0.29, 0.717) is 33.0 Å². The number of hydrogen-bond acceptors (Lipinski definition) is 6. The van der Waals surface area contributed by atoms with Crippen LogP contribution in [0, 0.1) is 0 Å². The molecule has 2 aromatic carbocycles. The van der Waals surface area contributed by atoms with E-state index in [1.165, 1.54) is 21.9 Å². The average molecular weight is 411 g/mol. The molecule has 1 atom stereocenters. The van der Waals surface area contributed by atoms with E-state index >= 15 is 0 Å². The standard InChI is InChI=1S/C14H16O2.C5H12O2.C4H10O2/c1-15-9-11-7-8-12(10-16-2)14-6-4-3-5-13(11)14;1-5(7-3)4-6-2;1-5-3-4-6-2/h3-8H,9-10H2,1-2H3;5H,4H2,1-3H3;3-4H2,1-2H3. The molecule has 0 saturated carbocycles. The number of rotatable bonds is 10. The van der Waals surface area contributed by atoms with Crippen molar-refractivity contribution in [2.75, 3.05) is 62.5 Å². The van der Waals surface area contributed by atoms with Gasteiger partial charge < -0.3 is 28.4 Å². The zero-order valence-corrected chi connectivity index (χ0v) is 19.0. The molecule has 2 rings (SSSR count). The van der Waals surface area contributed by atoms with Gasteiger partial charge in [-0.1, -0.05) is 36.4 Å². The van der Waals surface area contributed by atoms with E-state index in [1.807, 2.05) is 6.92 Å². The van der Waals surface area contributed by atoms with Crippen molar-refractivity contribution in [1.82, 2.24) is 0 Å². The van der Waals surface area contributed by atoms with Crippen LogP contribution < -0.4 is 0 Å². The second kappa shape index (κ2) is 18.5. The fourth-order valence-corrected chi connectivity index (χ4v) is 2.46. The van der Waals surface area contributed by atoms with Crippen LogP contribution in [0.15, 0.2) is 36.4 Å². The van der Waals surface area contributed by atoms with E-state index in [1.54, 1.807) is 42.7 Å². The van der Waals surface area contributed by atoms with Crippen LogP contribution in [0.4, 0.5) is 0 Å². The number of hydrogen-bond donors (Lipinski definition) is 0. The molecule has 0 aliphatic rings. The molecule has 2 aromatic rings. The van der Waals surface area contributed by atoms with Gasteiger partial charge >= 0.3 is 0 Å². The molecule has 0 saturated heterocycles. The smallest absolute Gasteiger partial charge is 0.0776 e. The summed E-state index contributed by atoms with van der Waals surface area (Å²) in [6, 6.07) is 12.6. The first-order valence-electron chi connectivity index (χ1n) is 9.56. The first-order chi connectivity index (χ1) is 14.1. The summed E-state index contributed by atoms with van der Waals surface area (Å²) in [5, 5.41) is 2.50. The van der Waals surface area contributed by atoms with E-state index in [4.69, 9.17) is 18.9 Å². The van der Waals surface area contributed by atoms with Crippen molar-refractivity contribution >= 4 is 10.8 Å². The van der Waals surface area contributed by atoms with Gasteiger partial charge in [-0.2, -0.15) is 0 Å². The minimum atomic E-state index is 0.227. The molecule has 0 radical (unpaired) electrons. The van der Waals surface area contributed by atoms with Crippen LogP contribution in [0.2, 0.25) is 0 Å². The topological polar surface area (TPSA) is 55.4 Å². The third-order valence-electron chi connectivity index (χ3n) is 4.00. The molecule has 0 aromatic heterocycles. The summed E-state index contributed by atoms with van der Waals surface area (Å²) in [4.78, 5) is 0. The minimum Gasteiger partial charge on any atom is -0.382 e. The lowest BCUT2D eigenvalue weighted by Gasteiger charge is -2.10. The van der Waals surface area contributed by atoms with Crippen LogP contribution in [-0.2, 0) is 41.6 Å². The second-order valence-corrected chi connectivity index (χ2v) is 6.28. The van der Waals surface area contributed by atoms with E-state index < -0.39 is 0 Å². The fourth-order valence-electron chi connectivity index (χ4n) is 2.46. The molecule has 29 heavy (non-hydrogen) atoms. The Morgan fingerprint density at radius 3 is 1.34 bits per heavy atom. The van der Waals surface area contributed by atoms with Crippen molar-refractivity contribution < 1.29 is 28.4 Å². The largest absolute Gasteiger partial charge is 0.382 e. The van der Waals surface area contributed by atoms with E-state index in [2.05, 4.69) is 45.9 Å². The molecular weight excluding hydrogens is 372 g/mol. The normalized spacial score (nSPS) is 11.3. The lowest BCUT2D eigenvalue weighted by atomic mass is 10.0. The molecule has 0 bridgehead atoms. The van der Waals surface area contributed by atoms with E-state index in [-0.39, 0.29) is 6.10 Å². The molecule has 0 heterocycles. The Hall–Kier alpha value is -1.54. The van der Waals surface area contributed by atoms with Crippen molar-refractivity contribution in [2.45, 2.75) is 26.2 Å². The molecule has 0 aliphatic heterocycles. The van der Waals surface area contributed by atoms with Crippen LogP contribution in [0.5, 0.6) is 0 Å². The molecule has 6 nitrogen and oxygen atoms in total. The lowest BCUT2D eigenvalue weighted by molar-refractivity contribution is 0.0401. The summed E-state index contributed by atoms with van der Waals surface area (Å²) in [5.74, 6) is 0. The highest BCUT2D eigenvalue weighted by Gasteiger charge is 2.04. The zero-order valence-electron chi connectivity index (χ0n) is 19.0. The predicted molar refractivity (Wildman–Crippen MR) is 117 cm³/mol. The van der Waals surface area contributed by atoms with Gasteiger partial charge in [0.2, 0.25) is 0 Å². The third-order valence-corrected chi connectivity index (χ3v) is 4.00. The van der Waals surface area contributed by atoms with Crippen molar-refractivity contribution in [3.63, 3.8) is 0 Å². The van der Waals surface area contributed by atoms with Gasteiger partial charge in [-0.3, -0.25) is 0 Å². The number of fused-ring (bicyclic) bond motifs is 1. The Bertz CT molecular complexity index is 583. The number of benzene rings is 2. The van der Waals surface area contributed by atoms with Gasteiger partial charge in [0.1, 0.15) is 0 Å². The molecule has 0 amide bonds. The quantitative estimate of drug-likeness (QED) is 0.550. The summed E-state index contributed by atoms with van der Waals surface area (Å²) in [6.45, 7) is 5.31. The van der Waals surface area contributed by atoms with Crippen molar-refractivity contribution in [3.8, 4) is 0 Å². The molecule has 1 unspecified atom stereocenters. The Morgan fingerprint density at radius 2 is 1.07 bits per heavy atom. The zero-order chi connectivity index (χ0) is 21.9. The van der Waals surface area contributed by atoms with Crippen LogP contribution in [-0.4, -0.2) is 68.6 Å². The third kappa shape index (κ3) is 11.9. The fraction of sp³-hybridized carbons (Fsp3) is 0.565. The first-order valence-corrected chi connectivity index (χ1v) is 9.56. The molecule has 0 N–H and O–H groups in total. The van der Waals surface area contributed by atoms with Crippen molar-refractivity contribution in [1.29, 1.82) is 0 Å². The Kier molecular flexibility index (Phi) is 17.5. The Balaban J connectivity index is 0.000000503. The van der Waals surface area contributed by atoms with Crippen molar-refractivity contribution in [3.05, 3.63) is 47.5 Å². The van der Waals surface area contributed by atoms with Gasteiger partial charge in [0.05, 0.1) is 39.1 Å². The highest BCUT2D eigenvalue weighted by molar-refractivity contribution is 5.88. The van der Waals surface area contributed by atoms with Gasteiger partial charge in [-0.25, -0.2) is 0 Å². The molecule has 0 aliphatic carbocycles. The predicted octanol–water partition coefficient (Wildman–Crippen LogP) is 4.08. The SMILES string of the molecule is COCC(C)OC.COCCOC.COCc1ccc(COC)c2ccccc12. The Morgan fingerprint density at radius 1 is 0.621 bits per heavy atom. The van der Waals surface area contributed by atoms with Crippen LogP contribution in [0.25, 0.3) is 10.8 Å². The first kappa shape index (κ1) is 27.5. The number of ether oxygens (including phenoxy) is 6. The van der Waals surface area contributed by atoms with Gasteiger partial charge in [-0.15, -0.1) is 0 Å². The summed E-state index contributed by atoms with van der Waals surface area (Å²) in [6.07, 6.45) is 0.227. The molecule has 166 valence electrons. The monoisotopic (exact) mass is 410 g/mol. The van der Waals surface area contributed by atoms with Gasteiger partial charge in [0, 0.05) is 42.7 Å². The van der Waals surface area contributed by atoms with Crippen LogP contribution in [0.3, 0.4) is 0 Å². The van der Waals surface area contributed by atoms with Crippen LogP contribution >= 0.6 is 0 Å².